The molecule has 1 aliphatic rings. The second-order valence-electron chi connectivity index (χ2n) is 5.08. The number of hydrogen-bond acceptors (Lipinski definition) is 4. The Bertz CT molecular complexity index is 632. The molecule has 0 amide bonds. The predicted molar refractivity (Wildman–Crippen MR) is 91.6 cm³/mol. The maximum atomic E-state index is 12.4. The number of benzene rings is 1. The fraction of sp³-hybridized carbons (Fsp3) is 0.278. The van der Waals surface area contributed by atoms with Gasteiger partial charge in [0.25, 0.3) is 0 Å². The van der Waals surface area contributed by atoms with Crippen LogP contribution >= 0.6 is 11.6 Å². The van der Waals surface area contributed by atoms with E-state index in [4.69, 9.17) is 21.2 Å². The largest absolute Gasteiger partial charge is 0.488 e. The topological polar surface area (TPSA) is 47.6 Å². The molecule has 0 aliphatic carbocycles. The van der Waals surface area contributed by atoms with E-state index in [1.165, 1.54) is 6.08 Å². The van der Waals surface area contributed by atoms with Crippen LogP contribution in [0.2, 0.25) is 5.02 Å². The molecule has 1 heterocycles. The fourth-order valence-corrected chi connectivity index (χ4v) is 2.31. The summed E-state index contributed by atoms with van der Waals surface area (Å²) in [6.45, 7) is 6.21. The van der Waals surface area contributed by atoms with Crippen molar-refractivity contribution in [2.45, 2.75) is 19.8 Å². The lowest BCUT2D eigenvalue weighted by Gasteiger charge is -2.20. The molecule has 1 aromatic rings. The van der Waals surface area contributed by atoms with Gasteiger partial charge in [0.2, 0.25) is 0 Å². The Morgan fingerprint density at radius 3 is 2.78 bits per heavy atom. The normalized spacial score (nSPS) is 16.4. The van der Waals surface area contributed by atoms with Crippen molar-refractivity contribution in [1.29, 1.82) is 0 Å². The van der Waals surface area contributed by atoms with E-state index >= 15 is 0 Å². The van der Waals surface area contributed by atoms with Gasteiger partial charge >= 0.3 is 0 Å². The minimum Gasteiger partial charge on any atom is -0.488 e. The average molecular weight is 334 g/mol. The van der Waals surface area contributed by atoms with Crippen molar-refractivity contribution >= 4 is 23.1 Å². The molecule has 0 atom stereocenters. The maximum Gasteiger partial charge on any atom is 0.190 e. The SMILES string of the molecule is C=CCONC(CCC)=C1COC(c2ccc(Cl)cc2)=CC1=O. The van der Waals surface area contributed by atoms with Crippen molar-refractivity contribution in [1.82, 2.24) is 5.48 Å². The van der Waals surface area contributed by atoms with Crippen molar-refractivity contribution < 1.29 is 14.4 Å². The van der Waals surface area contributed by atoms with Crippen LogP contribution in [0.1, 0.15) is 25.3 Å². The van der Waals surface area contributed by atoms with E-state index in [2.05, 4.69) is 12.1 Å². The van der Waals surface area contributed by atoms with Crippen LogP contribution in [0.5, 0.6) is 0 Å². The van der Waals surface area contributed by atoms with Gasteiger partial charge in [-0.05, 0) is 30.7 Å². The minimum absolute atomic E-state index is 0.0700. The van der Waals surface area contributed by atoms with Crippen molar-refractivity contribution in [3.05, 3.63) is 64.9 Å². The van der Waals surface area contributed by atoms with E-state index in [-0.39, 0.29) is 12.4 Å². The van der Waals surface area contributed by atoms with Gasteiger partial charge in [-0.1, -0.05) is 31.0 Å². The van der Waals surface area contributed by atoms with Crippen LogP contribution < -0.4 is 5.48 Å². The van der Waals surface area contributed by atoms with Crippen molar-refractivity contribution in [3.63, 3.8) is 0 Å². The molecule has 122 valence electrons. The van der Waals surface area contributed by atoms with Crippen LogP contribution in [0.4, 0.5) is 0 Å². The highest BCUT2D eigenvalue weighted by atomic mass is 35.5. The summed E-state index contributed by atoms with van der Waals surface area (Å²) in [5.41, 5.74) is 5.02. The Kier molecular flexibility index (Phi) is 6.44. The Balaban J connectivity index is 2.19. The van der Waals surface area contributed by atoms with Crippen LogP contribution in [-0.4, -0.2) is 19.0 Å². The highest BCUT2D eigenvalue weighted by Gasteiger charge is 2.21. The van der Waals surface area contributed by atoms with Gasteiger partial charge in [0, 0.05) is 22.4 Å². The number of carbonyl (C=O) groups is 1. The third kappa shape index (κ3) is 4.71. The third-order valence-electron chi connectivity index (χ3n) is 3.32. The molecule has 0 unspecified atom stereocenters. The molecule has 4 nitrogen and oxygen atoms in total. The van der Waals surface area contributed by atoms with Crippen LogP contribution in [0, 0.1) is 0 Å². The standard InChI is InChI=1S/C18H20ClNO3/c1-3-5-16(20-23-10-4-2)15-12-22-18(11-17(15)21)13-6-8-14(19)9-7-13/h4,6-9,11,20H,2-3,5,10,12H2,1H3. The highest BCUT2D eigenvalue weighted by molar-refractivity contribution is 6.30. The fourth-order valence-electron chi connectivity index (χ4n) is 2.19. The Morgan fingerprint density at radius 1 is 1.43 bits per heavy atom. The lowest BCUT2D eigenvalue weighted by Crippen LogP contribution is -2.23. The zero-order valence-corrected chi connectivity index (χ0v) is 13.9. The second kappa shape index (κ2) is 8.56. The third-order valence-corrected chi connectivity index (χ3v) is 3.57. The molecule has 23 heavy (non-hydrogen) atoms. The lowest BCUT2D eigenvalue weighted by atomic mass is 10.0. The summed E-state index contributed by atoms with van der Waals surface area (Å²) in [7, 11) is 0. The zero-order valence-electron chi connectivity index (χ0n) is 13.1. The molecule has 0 saturated carbocycles. The molecular weight excluding hydrogens is 314 g/mol. The molecule has 2 rings (SSSR count). The molecule has 0 aromatic heterocycles. The van der Waals surface area contributed by atoms with Gasteiger partial charge < -0.3 is 4.74 Å². The summed E-state index contributed by atoms with van der Waals surface area (Å²) in [4.78, 5) is 17.7. The Hall–Kier alpha value is -2.04. The number of hydroxylamine groups is 1. The van der Waals surface area contributed by atoms with Crippen molar-refractivity contribution in [2.75, 3.05) is 13.2 Å². The molecular formula is C18H20ClNO3. The summed E-state index contributed by atoms with van der Waals surface area (Å²) < 4.78 is 5.74. The molecule has 5 heteroatoms. The van der Waals surface area contributed by atoms with E-state index in [1.807, 2.05) is 19.1 Å². The second-order valence-corrected chi connectivity index (χ2v) is 5.51. The zero-order chi connectivity index (χ0) is 16.7. The summed E-state index contributed by atoms with van der Waals surface area (Å²) in [5, 5.41) is 0.644. The first-order chi connectivity index (χ1) is 11.2. The molecule has 0 bridgehead atoms. The van der Waals surface area contributed by atoms with Crippen molar-refractivity contribution in [3.8, 4) is 0 Å². The highest BCUT2D eigenvalue weighted by Crippen LogP contribution is 2.25. The van der Waals surface area contributed by atoms with Gasteiger partial charge in [0.15, 0.2) is 5.78 Å². The predicted octanol–water partition coefficient (Wildman–Crippen LogP) is 4.04. The van der Waals surface area contributed by atoms with E-state index in [0.717, 1.165) is 17.7 Å². The van der Waals surface area contributed by atoms with Crippen molar-refractivity contribution in [2.24, 2.45) is 0 Å². The van der Waals surface area contributed by atoms with E-state index in [0.29, 0.717) is 29.4 Å². The number of carbonyl (C=O) groups excluding carboxylic acids is 1. The molecule has 0 saturated heterocycles. The van der Waals surface area contributed by atoms with E-state index in [9.17, 15) is 4.79 Å². The van der Waals surface area contributed by atoms with Gasteiger partial charge in [0.05, 0.1) is 12.2 Å². The number of nitrogens with one attached hydrogen (secondary N) is 1. The van der Waals surface area contributed by atoms with Gasteiger partial charge in [-0.15, -0.1) is 6.58 Å². The van der Waals surface area contributed by atoms with E-state index in [1.54, 1.807) is 18.2 Å². The number of ether oxygens (including phenoxy) is 1. The first-order valence-electron chi connectivity index (χ1n) is 7.51. The van der Waals surface area contributed by atoms with Crippen LogP contribution in [0.15, 0.2) is 54.3 Å². The first-order valence-corrected chi connectivity index (χ1v) is 7.89. The van der Waals surface area contributed by atoms with E-state index < -0.39 is 0 Å². The summed E-state index contributed by atoms with van der Waals surface area (Å²) in [6, 6.07) is 7.19. The average Bonchev–Trinajstić information content (AvgIpc) is 2.55. The van der Waals surface area contributed by atoms with Gasteiger partial charge in [-0.3, -0.25) is 15.1 Å². The molecule has 0 fully saturated rings. The molecule has 0 radical (unpaired) electrons. The summed E-state index contributed by atoms with van der Waals surface area (Å²) >= 11 is 5.88. The quantitative estimate of drug-likeness (QED) is 0.354. The number of ketones is 1. The van der Waals surface area contributed by atoms with Gasteiger partial charge in [-0.2, -0.15) is 0 Å². The lowest BCUT2D eigenvalue weighted by molar-refractivity contribution is -0.112. The van der Waals surface area contributed by atoms with Crippen LogP contribution in [-0.2, 0) is 14.4 Å². The molecule has 1 aliphatic heterocycles. The molecule has 1 N–H and O–H groups in total. The number of allylic oxidation sites excluding steroid dienone is 2. The number of rotatable bonds is 7. The summed E-state index contributed by atoms with van der Waals surface area (Å²) in [6.07, 6.45) is 4.75. The molecule has 1 aromatic carbocycles. The smallest absolute Gasteiger partial charge is 0.190 e. The van der Waals surface area contributed by atoms with Gasteiger partial charge in [0.1, 0.15) is 12.4 Å². The Labute approximate surface area is 141 Å². The first kappa shape index (κ1) is 17.3. The summed E-state index contributed by atoms with van der Waals surface area (Å²) in [5.74, 6) is 0.484. The van der Waals surface area contributed by atoms with Crippen LogP contribution in [0.25, 0.3) is 5.76 Å². The van der Waals surface area contributed by atoms with Gasteiger partial charge in [-0.25, -0.2) is 0 Å². The monoisotopic (exact) mass is 333 g/mol. The molecule has 0 spiro atoms. The number of hydrogen-bond donors (Lipinski definition) is 1. The maximum absolute atomic E-state index is 12.4. The Morgan fingerprint density at radius 2 is 2.17 bits per heavy atom. The minimum atomic E-state index is -0.0700. The van der Waals surface area contributed by atoms with Crippen LogP contribution in [0.3, 0.4) is 0 Å². The number of halogens is 1.